The molecule has 1 unspecified atom stereocenters. The molecule has 0 aliphatic rings. The Morgan fingerprint density at radius 3 is 2.35 bits per heavy atom. The summed E-state index contributed by atoms with van der Waals surface area (Å²) in [5, 5.41) is 2.64. The fourth-order valence-electron chi connectivity index (χ4n) is 1.99. The minimum Gasteiger partial charge on any atom is -0.368 e. The van der Waals surface area contributed by atoms with Gasteiger partial charge in [-0.2, -0.15) is 0 Å². The maximum Gasteiger partial charge on any atom is 0.244 e. The first-order valence-corrected chi connectivity index (χ1v) is 8.07. The maximum absolute atomic E-state index is 12.8. The molecule has 0 aliphatic heterocycles. The summed E-state index contributed by atoms with van der Waals surface area (Å²) >= 11 is 1.45. The summed E-state index contributed by atoms with van der Waals surface area (Å²) in [5.41, 5.74) is 6.01. The van der Waals surface area contributed by atoms with E-state index in [9.17, 15) is 14.0 Å². The van der Waals surface area contributed by atoms with Gasteiger partial charge in [-0.05, 0) is 29.8 Å². The van der Waals surface area contributed by atoms with Crippen molar-refractivity contribution >= 4 is 23.6 Å². The van der Waals surface area contributed by atoms with Crippen LogP contribution in [0.2, 0.25) is 0 Å². The second kappa shape index (κ2) is 8.33. The summed E-state index contributed by atoms with van der Waals surface area (Å²) in [6.45, 7) is 0. The van der Waals surface area contributed by atoms with Gasteiger partial charge in [-0.3, -0.25) is 9.59 Å². The first kappa shape index (κ1) is 17.0. The number of thioether (sulfide) groups is 1. The van der Waals surface area contributed by atoms with Crippen LogP contribution >= 0.6 is 11.8 Å². The largest absolute Gasteiger partial charge is 0.368 e. The van der Waals surface area contributed by atoms with Crippen LogP contribution in [0.5, 0.6) is 0 Å². The fraction of sp³-hybridized carbons (Fsp3) is 0.176. The zero-order valence-electron chi connectivity index (χ0n) is 12.4. The van der Waals surface area contributed by atoms with Crippen LogP contribution < -0.4 is 11.1 Å². The normalized spacial score (nSPS) is 11.7. The first-order chi connectivity index (χ1) is 11.1. The lowest BCUT2D eigenvalue weighted by Crippen LogP contribution is -2.37. The number of hydrogen-bond acceptors (Lipinski definition) is 3. The molecule has 0 aliphatic carbocycles. The van der Waals surface area contributed by atoms with Gasteiger partial charge in [0.25, 0.3) is 0 Å². The molecule has 0 radical (unpaired) electrons. The van der Waals surface area contributed by atoms with Gasteiger partial charge in [0.2, 0.25) is 11.8 Å². The SMILES string of the molecule is NC(=O)C(NC(=O)CCSc1ccc(F)cc1)c1ccccc1. The molecule has 2 aromatic carbocycles. The summed E-state index contributed by atoms with van der Waals surface area (Å²) in [6.07, 6.45) is 0.235. The molecular formula is C17H17FN2O2S. The van der Waals surface area contributed by atoms with Crippen molar-refractivity contribution in [3.8, 4) is 0 Å². The quantitative estimate of drug-likeness (QED) is 0.766. The Morgan fingerprint density at radius 1 is 1.09 bits per heavy atom. The third-order valence-electron chi connectivity index (χ3n) is 3.13. The summed E-state index contributed by atoms with van der Waals surface area (Å²) in [4.78, 5) is 24.4. The summed E-state index contributed by atoms with van der Waals surface area (Å²) in [5.74, 6) is -0.625. The van der Waals surface area contributed by atoms with E-state index in [4.69, 9.17) is 5.73 Å². The van der Waals surface area contributed by atoms with Crippen molar-refractivity contribution in [1.82, 2.24) is 5.32 Å². The number of primary amides is 1. The third kappa shape index (κ3) is 5.41. The van der Waals surface area contributed by atoms with Crippen LogP contribution in [0, 0.1) is 5.82 Å². The molecule has 0 spiro atoms. The fourth-order valence-corrected chi connectivity index (χ4v) is 2.84. The number of nitrogens with one attached hydrogen (secondary N) is 1. The van der Waals surface area contributed by atoms with Gasteiger partial charge in [-0.15, -0.1) is 11.8 Å². The molecule has 0 aromatic heterocycles. The molecule has 2 amide bonds. The highest BCUT2D eigenvalue weighted by molar-refractivity contribution is 7.99. The molecule has 0 saturated heterocycles. The van der Waals surface area contributed by atoms with Crippen molar-refractivity contribution in [2.24, 2.45) is 5.73 Å². The lowest BCUT2D eigenvalue weighted by Gasteiger charge is -2.15. The van der Waals surface area contributed by atoms with Gasteiger partial charge < -0.3 is 11.1 Å². The van der Waals surface area contributed by atoms with E-state index in [-0.39, 0.29) is 18.1 Å². The van der Waals surface area contributed by atoms with Crippen molar-refractivity contribution in [2.75, 3.05) is 5.75 Å². The van der Waals surface area contributed by atoms with Gasteiger partial charge in [-0.1, -0.05) is 30.3 Å². The molecule has 6 heteroatoms. The summed E-state index contributed by atoms with van der Waals surface area (Å²) in [7, 11) is 0. The van der Waals surface area contributed by atoms with E-state index in [1.54, 1.807) is 36.4 Å². The van der Waals surface area contributed by atoms with Crippen LogP contribution in [-0.2, 0) is 9.59 Å². The van der Waals surface area contributed by atoms with E-state index in [1.165, 1.54) is 23.9 Å². The standard InChI is InChI=1S/C17H17FN2O2S/c18-13-6-8-14(9-7-13)23-11-10-15(21)20-16(17(19)22)12-4-2-1-3-5-12/h1-9,16H,10-11H2,(H2,19,22)(H,20,21). The Morgan fingerprint density at radius 2 is 1.74 bits per heavy atom. The van der Waals surface area contributed by atoms with E-state index < -0.39 is 11.9 Å². The van der Waals surface area contributed by atoms with Crippen LogP contribution in [0.25, 0.3) is 0 Å². The molecule has 0 bridgehead atoms. The number of benzene rings is 2. The number of rotatable bonds is 7. The van der Waals surface area contributed by atoms with E-state index in [2.05, 4.69) is 5.32 Å². The molecule has 23 heavy (non-hydrogen) atoms. The number of nitrogens with two attached hydrogens (primary N) is 1. The summed E-state index contributed by atoms with van der Waals surface area (Å²) < 4.78 is 12.8. The van der Waals surface area contributed by atoms with Gasteiger partial charge in [0.15, 0.2) is 0 Å². The highest BCUT2D eigenvalue weighted by Gasteiger charge is 2.19. The molecule has 2 rings (SSSR count). The molecule has 3 N–H and O–H groups in total. The molecule has 2 aromatic rings. The molecule has 120 valence electrons. The molecule has 1 atom stereocenters. The van der Waals surface area contributed by atoms with Crippen LogP contribution in [0.15, 0.2) is 59.5 Å². The number of carbonyl (C=O) groups excluding carboxylic acids is 2. The molecule has 0 fully saturated rings. The van der Waals surface area contributed by atoms with Crippen molar-refractivity contribution in [1.29, 1.82) is 0 Å². The van der Waals surface area contributed by atoms with Gasteiger partial charge in [0, 0.05) is 17.1 Å². The monoisotopic (exact) mass is 332 g/mol. The minimum atomic E-state index is -0.834. The number of carbonyl (C=O) groups is 2. The molecule has 4 nitrogen and oxygen atoms in total. The topological polar surface area (TPSA) is 72.2 Å². The Balaban J connectivity index is 1.85. The highest BCUT2D eigenvalue weighted by atomic mass is 32.2. The van der Waals surface area contributed by atoms with E-state index in [0.29, 0.717) is 11.3 Å². The van der Waals surface area contributed by atoms with Crippen molar-refractivity contribution in [2.45, 2.75) is 17.4 Å². The van der Waals surface area contributed by atoms with Gasteiger partial charge in [0.05, 0.1) is 0 Å². The zero-order chi connectivity index (χ0) is 16.7. The van der Waals surface area contributed by atoms with E-state index in [0.717, 1.165) is 4.90 Å². The minimum absolute atomic E-state index is 0.235. The second-order valence-electron chi connectivity index (χ2n) is 4.87. The first-order valence-electron chi connectivity index (χ1n) is 7.08. The summed E-state index contributed by atoms with van der Waals surface area (Å²) in [6, 6.07) is 14.1. The number of amides is 2. The average molecular weight is 332 g/mol. The Kier molecular flexibility index (Phi) is 6.17. The Labute approximate surface area is 138 Å². The average Bonchev–Trinajstić information content (AvgIpc) is 2.55. The van der Waals surface area contributed by atoms with E-state index >= 15 is 0 Å². The van der Waals surface area contributed by atoms with Crippen molar-refractivity contribution in [3.05, 3.63) is 66.0 Å². The van der Waals surface area contributed by atoms with Gasteiger partial charge in [0.1, 0.15) is 11.9 Å². The highest BCUT2D eigenvalue weighted by Crippen LogP contribution is 2.19. The van der Waals surface area contributed by atoms with Crippen molar-refractivity contribution in [3.63, 3.8) is 0 Å². The van der Waals surface area contributed by atoms with Gasteiger partial charge in [-0.25, -0.2) is 4.39 Å². The smallest absolute Gasteiger partial charge is 0.244 e. The maximum atomic E-state index is 12.8. The molecule has 0 saturated carbocycles. The Bertz CT molecular complexity index is 662. The van der Waals surface area contributed by atoms with Crippen LogP contribution in [0.3, 0.4) is 0 Å². The third-order valence-corrected chi connectivity index (χ3v) is 4.15. The van der Waals surface area contributed by atoms with Crippen LogP contribution in [-0.4, -0.2) is 17.6 Å². The molecular weight excluding hydrogens is 315 g/mol. The number of hydrogen-bond donors (Lipinski definition) is 2. The predicted octanol–water partition coefficient (Wildman–Crippen LogP) is 2.65. The second-order valence-corrected chi connectivity index (χ2v) is 6.03. The molecule has 0 heterocycles. The van der Waals surface area contributed by atoms with Gasteiger partial charge >= 0.3 is 0 Å². The predicted molar refractivity (Wildman–Crippen MR) is 88.3 cm³/mol. The lowest BCUT2D eigenvalue weighted by atomic mass is 10.1. The van der Waals surface area contributed by atoms with Crippen LogP contribution in [0.4, 0.5) is 4.39 Å². The lowest BCUT2D eigenvalue weighted by molar-refractivity contribution is -0.127. The zero-order valence-corrected chi connectivity index (χ0v) is 13.2. The van der Waals surface area contributed by atoms with Crippen LogP contribution in [0.1, 0.15) is 18.0 Å². The Hall–Kier alpha value is -2.34. The van der Waals surface area contributed by atoms with Crippen molar-refractivity contribution < 1.29 is 14.0 Å². The number of halogens is 1. The van der Waals surface area contributed by atoms with E-state index in [1.807, 2.05) is 6.07 Å².